The Bertz CT molecular complexity index is 952. The summed E-state index contributed by atoms with van der Waals surface area (Å²) < 4.78 is 32.9. The predicted molar refractivity (Wildman–Crippen MR) is 103 cm³/mol. The normalized spacial score (nSPS) is 19.6. The Kier molecular flexibility index (Phi) is 4.99. The van der Waals surface area contributed by atoms with Crippen molar-refractivity contribution in [3.63, 3.8) is 0 Å². The molecule has 4 rings (SSSR count). The van der Waals surface area contributed by atoms with Crippen LogP contribution in [-0.4, -0.2) is 37.8 Å². The van der Waals surface area contributed by atoms with Crippen LogP contribution in [0.4, 0.5) is 0 Å². The summed E-state index contributed by atoms with van der Waals surface area (Å²) in [5.74, 6) is 0.0749. The first kappa shape index (κ1) is 18.5. The topological polar surface area (TPSA) is 79.6 Å². The number of hydrogen-bond donors (Lipinski definition) is 1. The van der Waals surface area contributed by atoms with Crippen molar-refractivity contribution < 1.29 is 17.6 Å². The highest BCUT2D eigenvalue weighted by Gasteiger charge is 2.28. The second-order valence-electron chi connectivity index (χ2n) is 7.63. The van der Waals surface area contributed by atoms with Crippen LogP contribution in [0.25, 0.3) is 11.0 Å². The van der Waals surface area contributed by atoms with Crippen LogP contribution in [0.1, 0.15) is 61.1 Å². The van der Waals surface area contributed by atoms with Crippen molar-refractivity contribution in [3.8, 4) is 0 Å². The molecule has 2 fully saturated rings. The molecule has 0 atom stereocenters. The molecule has 2 aromatic rings. The van der Waals surface area contributed by atoms with Crippen LogP contribution in [-0.2, 0) is 10.0 Å². The van der Waals surface area contributed by atoms with Gasteiger partial charge in [-0.3, -0.25) is 4.79 Å². The molecule has 7 heteroatoms. The molecule has 27 heavy (non-hydrogen) atoms. The molecule has 1 saturated carbocycles. The molecule has 2 aliphatic rings. The molecule has 146 valence electrons. The Morgan fingerprint density at radius 3 is 2.52 bits per heavy atom. The highest BCUT2D eigenvalue weighted by atomic mass is 32.2. The minimum absolute atomic E-state index is 0.199. The van der Waals surface area contributed by atoms with E-state index in [1.165, 1.54) is 10.7 Å². The molecule has 1 amide bonds. The van der Waals surface area contributed by atoms with Crippen LogP contribution in [0.15, 0.2) is 27.5 Å². The van der Waals surface area contributed by atoms with Crippen LogP contribution in [0.3, 0.4) is 0 Å². The van der Waals surface area contributed by atoms with Crippen molar-refractivity contribution in [1.82, 2.24) is 9.62 Å². The SMILES string of the molecule is Cc1c(C(=O)NC2CCCCC2)oc2ccc(S(=O)(=O)N3CCCC3)cc12. The third-order valence-corrected chi connectivity index (χ3v) is 7.65. The fraction of sp³-hybridized carbons (Fsp3) is 0.550. The number of benzene rings is 1. The minimum Gasteiger partial charge on any atom is -0.451 e. The van der Waals surface area contributed by atoms with Gasteiger partial charge < -0.3 is 9.73 Å². The summed E-state index contributed by atoms with van der Waals surface area (Å²) in [6, 6.07) is 5.06. The number of fused-ring (bicyclic) bond motifs is 1. The second kappa shape index (κ2) is 7.28. The third kappa shape index (κ3) is 3.50. The van der Waals surface area contributed by atoms with Crippen LogP contribution in [0.5, 0.6) is 0 Å². The molecule has 1 aliphatic carbocycles. The summed E-state index contributed by atoms with van der Waals surface area (Å²) in [6.45, 7) is 2.95. The van der Waals surface area contributed by atoms with E-state index in [1.807, 2.05) is 6.92 Å². The summed E-state index contributed by atoms with van der Waals surface area (Å²) in [5, 5.41) is 3.75. The van der Waals surface area contributed by atoms with Crippen molar-refractivity contribution in [1.29, 1.82) is 0 Å². The molecule has 2 heterocycles. The van der Waals surface area contributed by atoms with E-state index in [0.717, 1.165) is 38.5 Å². The molecular weight excluding hydrogens is 364 g/mol. The van der Waals surface area contributed by atoms with Gasteiger partial charge in [-0.25, -0.2) is 8.42 Å². The Morgan fingerprint density at radius 2 is 1.81 bits per heavy atom. The zero-order chi connectivity index (χ0) is 19.0. The van der Waals surface area contributed by atoms with Gasteiger partial charge in [0, 0.05) is 30.1 Å². The molecule has 1 N–H and O–H groups in total. The Labute approximate surface area is 160 Å². The zero-order valence-corrected chi connectivity index (χ0v) is 16.5. The lowest BCUT2D eigenvalue weighted by Gasteiger charge is -2.22. The van der Waals surface area contributed by atoms with E-state index in [-0.39, 0.29) is 22.6 Å². The summed E-state index contributed by atoms with van der Waals surface area (Å²) >= 11 is 0. The molecule has 6 nitrogen and oxygen atoms in total. The highest BCUT2D eigenvalue weighted by Crippen LogP contribution is 2.30. The number of amides is 1. The van der Waals surface area contributed by atoms with Crippen molar-refractivity contribution in [2.24, 2.45) is 0 Å². The summed E-state index contributed by atoms with van der Waals surface area (Å²) in [7, 11) is -3.49. The molecule has 0 spiro atoms. The lowest BCUT2D eigenvalue weighted by molar-refractivity contribution is 0.0901. The number of nitrogens with one attached hydrogen (secondary N) is 1. The van der Waals surface area contributed by atoms with Gasteiger partial charge in [0.1, 0.15) is 5.58 Å². The van der Waals surface area contributed by atoms with Crippen molar-refractivity contribution in [3.05, 3.63) is 29.5 Å². The third-order valence-electron chi connectivity index (χ3n) is 5.76. The van der Waals surface area contributed by atoms with Gasteiger partial charge in [-0.05, 0) is 50.8 Å². The summed E-state index contributed by atoms with van der Waals surface area (Å²) in [6.07, 6.45) is 7.32. The predicted octanol–water partition coefficient (Wildman–Crippen LogP) is 3.59. The molecule has 1 saturated heterocycles. The monoisotopic (exact) mass is 390 g/mol. The van der Waals surface area contributed by atoms with E-state index in [0.29, 0.717) is 29.6 Å². The quantitative estimate of drug-likeness (QED) is 0.865. The summed E-state index contributed by atoms with van der Waals surface area (Å²) in [4.78, 5) is 12.9. The van der Waals surface area contributed by atoms with Crippen molar-refractivity contribution in [2.75, 3.05) is 13.1 Å². The zero-order valence-electron chi connectivity index (χ0n) is 15.7. The lowest BCUT2D eigenvalue weighted by atomic mass is 9.95. The minimum atomic E-state index is -3.49. The van der Waals surface area contributed by atoms with Gasteiger partial charge in [-0.2, -0.15) is 4.31 Å². The van der Waals surface area contributed by atoms with Crippen molar-refractivity contribution in [2.45, 2.75) is 62.8 Å². The first-order valence-corrected chi connectivity index (χ1v) is 11.2. The molecular formula is C20H26N2O4S. The number of sulfonamides is 1. The number of furan rings is 1. The molecule has 0 bridgehead atoms. The van der Waals surface area contributed by atoms with E-state index >= 15 is 0 Å². The number of hydrogen-bond acceptors (Lipinski definition) is 4. The fourth-order valence-corrected chi connectivity index (χ4v) is 5.70. The Morgan fingerprint density at radius 1 is 1.11 bits per heavy atom. The van der Waals surface area contributed by atoms with Gasteiger partial charge in [0.15, 0.2) is 5.76 Å². The molecule has 0 unspecified atom stereocenters. The van der Waals surface area contributed by atoms with Gasteiger partial charge in [0.25, 0.3) is 5.91 Å². The largest absolute Gasteiger partial charge is 0.451 e. The molecule has 1 aliphatic heterocycles. The smallest absolute Gasteiger partial charge is 0.287 e. The molecule has 1 aromatic heterocycles. The van der Waals surface area contributed by atoms with E-state index in [1.54, 1.807) is 18.2 Å². The number of carbonyl (C=O) groups excluding carboxylic acids is 1. The standard InChI is InChI=1S/C20H26N2O4S/c1-14-17-13-16(27(24,25)22-11-5-6-12-22)9-10-18(17)26-19(14)20(23)21-15-7-3-2-4-8-15/h9-10,13,15H,2-8,11-12H2,1H3,(H,21,23). The van der Waals surface area contributed by atoms with E-state index < -0.39 is 10.0 Å². The fourth-order valence-electron chi connectivity index (χ4n) is 4.15. The van der Waals surface area contributed by atoms with Gasteiger partial charge >= 0.3 is 0 Å². The maximum Gasteiger partial charge on any atom is 0.287 e. The van der Waals surface area contributed by atoms with E-state index in [4.69, 9.17) is 4.42 Å². The highest BCUT2D eigenvalue weighted by molar-refractivity contribution is 7.89. The van der Waals surface area contributed by atoms with Crippen molar-refractivity contribution >= 4 is 26.9 Å². The first-order valence-electron chi connectivity index (χ1n) is 9.81. The lowest BCUT2D eigenvalue weighted by Crippen LogP contribution is -2.36. The van der Waals surface area contributed by atoms with E-state index in [9.17, 15) is 13.2 Å². The van der Waals surface area contributed by atoms with Gasteiger partial charge in [0.2, 0.25) is 10.0 Å². The summed E-state index contributed by atoms with van der Waals surface area (Å²) in [5.41, 5.74) is 1.23. The van der Waals surface area contributed by atoms with Gasteiger partial charge in [-0.15, -0.1) is 0 Å². The first-order chi connectivity index (χ1) is 13.0. The van der Waals surface area contributed by atoms with Crippen LogP contribution < -0.4 is 5.32 Å². The average molecular weight is 391 g/mol. The molecule has 1 aromatic carbocycles. The Hall–Kier alpha value is -1.86. The van der Waals surface area contributed by atoms with Gasteiger partial charge in [0.05, 0.1) is 4.90 Å². The van der Waals surface area contributed by atoms with E-state index in [2.05, 4.69) is 5.32 Å². The number of aryl methyl sites for hydroxylation is 1. The van der Waals surface area contributed by atoms with Crippen LogP contribution in [0.2, 0.25) is 0 Å². The Balaban J connectivity index is 1.63. The maximum absolute atomic E-state index is 12.8. The number of carbonyl (C=O) groups is 1. The van der Waals surface area contributed by atoms with Crippen LogP contribution >= 0.6 is 0 Å². The second-order valence-corrected chi connectivity index (χ2v) is 9.57. The number of nitrogens with zero attached hydrogens (tertiary/aromatic N) is 1. The maximum atomic E-state index is 12.8. The van der Waals surface area contributed by atoms with Gasteiger partial charge in [-0.1, -0.05) is 19.3 Å². The number of rotatable bonds is 4. The average Bonchev–Trinajstić information content (AvgIpc) is 3.31. The van der Waals surface area contributed by atoms with Crippen LogP contribution in [0, 0.1) is 6.92 Å². The molecule has 0 radical (unpaired) electrons.